The topological polar surface area (TPSA) is 55.0 Å². The molecular formula is C19H19BrN2O2. The van der Waals surface area contributed by atoms with Crippen LogP contribution in [-0.2, 0) is 9.53 Å². The molecule has 0 aliphatic rings. The lowest BCUT2D eigenvalue weighted by atomic mass is 10.1. The van der Waals surface area contributed by atoms with Crippen molar-refractivity contribution in [3.8, 4) is 11.8 Å². The van der Waals surface area contributed by atoms with Gasteiger partial charge in [0, 0.05) is 21.5 Å². The van der Waals surface area contributed by atoms with Crippen LogP contribution in [0.25, 0.3) is 11.8 Å². The van der Waals surface area contributed by atoms with Crippen molar-refractivity contribution in [2.75, 3.05) is 0 Å². The van der Waals surface area contributed by atoms with E-state index in [0.717, 1.165) is 27.1 Å². The predicted octanol–water partition coefficient (Wildman–Crippen LogP) is 4.72. The molecule has 0 saturated carbocycles. The van der Waals surface area contributed by atoms with E-state index in [-0.39, 0.29) is 11.7 Å². The van der Waals surface area contributed by atoms with E-state index in [1.807, 2.05) is 50.2 Å². The van der Waals surface area contributed by atoms with Gasteiger partial charge in [-0.1, -0.05) is 15.9 Å². The fourth-order valence-corrected chi connectivity index (χ4v) is 2.76. The number of hydrogen-bond donors (Lipinski definition) is 0. The van der Waals surface area contributed by atoms with Crippen molar-refractivity contribution >= 4 is 28.0 Å². The molecule has 24 heavy (non-hydrogen) atoms. The first kappa shape index (κ1) is 18.0. The predicted molar refractivity (Wildman–Crippen MR) is 97.8 cm³/mol. The Labute approximate surface area is 150 Å². The lowest BCUT2D eigenvalue weighted by Crippen LogP contribution is -2.12. The van der Waals surface area contributed by atoms with E-state index in [1.165, 1.54) is 0 Å². The van der Waals surface area contributed by atoms with Crippen LogP contribution in [0.15, 0.2) is 40.4 Å². The second-order valence-electron chi connectivity index (χ2n) is 5.76. The van der Waals surface area contributed by atoms with Crippen LogP contribution < -0.4 is 0 Å². The summed E-state index contributed by atoms with van der Waals surface area (Å²) < 4.78 is 8.20. The third-order valence-corrected chi connectivity index (χ3v) is 4.07. The zero-order chi connectivity index (χ0) is 17.9. The summed E-state index contributed by atoms with van der Waals surface area (Å²) in [4.78, 5) is 12.0. The molecule has 1 aromatic carbocycles. The molecular weight excluding hydrogens is 368 g/mol. The summed E-state index contributed by atoms with van der Waals surface area (Å²) in [6, 6.07) is 11.9. The molecule has 4 nitrogen and oxygen atoms in total. The molecule has 0 radical (unpaired) electrons. The molecule has 2 rings (SSSR count). The molecule has 0 aliphatic heterocycles. The minimum Gasteiger partial charge on any atom is -0.459 e. The normalized spacial score (nSPS) is 11.5. The number of aromatic nitrogens is 1. The molecule has 1 aromatic heterocycles. The molecule has 5 heteroatoms. The summed E-state index contributed by atoms with van der Waals surface area (Å²) in [5.41, 5.74) is 3.83. The highest BCUT2D eigenvalue weighted by atomic mass is 79.9. The van der Waals surface area contributed by atoms with Crippen molar-refractivity contribution in [1.82, 2.24) is 4.57 Å². The second-order valence-corrected chi connectivity index (χ2v) is 6.68. The fraction of sp³-hybridized carbons (Fsp3) is 0.263. The molecule has 0 aliphatic carbocycles. The van der Waals surface area contributed by atoms with Crippen molar-refractivity contribution in [3.05, 3.63) is 57.3 Å². The molecule has 0 bridgehead atoms. The summed E-state index contributed by atoms with van der Waals surface area (Å²) >= 11 is 3.43. The van der Waals surface area contributed by atoms with Gasteiger partial charge in [-0.2, -0.15) is 5.26 Å². The van der Waals surface area contributed by atoms with Crippen LogP contribution in [0, 0.1) is 25.2 Å². The van der Waals surface area contributed by atoms with E-state index in [9.17, 15) is 10.1 Å². The zero-order valence-electron chi connectivity index (χ0n) is 14.1. The van der Waals surface area contributed by atoms with Gasteiger partial charge in [-0.05, 0) is 69.7 Å². The summed E-state index contributed by atoms with van der Waals surface area (Å²) in [5, 5.41) is 9.25. The van der Waals surface area contributed by atoms with Crippen LogP contribution in [0.1, 0.15) is 30.8 Å². The molecule has 0 amide bonds. The molecule has 0 saturated heterocycles. The van der Waals surface area contributed by atoms with Crippen molar-refractivity contribution in [2.24, 2.45) is 0 Å². The maximum absolute atomic E-state index is 12.0. The summed E-state index contributed by atoms with van der Waals surface area (Å²) in [6.07, 6.45) is 1.33. The van der Waals surface area contributed by atoms with Gasteiger partial charge >= 0.3 is 5.97 Å². The Morgan fingerprint density at radius 3 is 2.46 bits per heavy atom. The monoisotopic (exact) mass is 386 g/mol. The Hall–Kier alpha value is -2.32. The number of esters is 1. The molecule has 1 heterocycles. The molecule has 2 aromatic rings. The number of hydrogen-bond acceptors (Lipinski definition) is 3. The Kier molecular flexibility index (Phi) is 5.63. The van der Waals surface area contributed by atoms with Gasteiger partial charge in [0.25, 0.3) is 0 Å². The highest BCUT2D eigenvalue weighted by molar-refractivity contribution is 9.10. The van der Waals surface area contributed by atoms with E-state index in [2.05, 4.69) is 20.5 Å². The summed E-state index contributed by atoms with van der Waals surface area (Å²) in [7, 11) is 0. The average molecular weight is 387 g/mol. The van der Waals surface area contributed by atoms with Crippen LogP contribution in [0.2, 0.25) is 0 Å². The highest BCUT2D eigenvalue weighted by Crippen LogP contribution is 2.24. The first-order valence-corrected chi connectivity index (χ1v) is 8.40. The second kappa shape index (κ2) is 7.50. The molecule has 0 atom stereocenters. The third-order valence-electron chi connectivity index (χ3n) is 3.54. The van der Waals surface area contributed by atoms with Gasteiger partial charge in [-0.3, -0.25) is 0 Å². The van der Waals surface area contributed by atoms with Gasteiger partial charge < -0.3 is 9.30 Å². The standard InChI is InChI=1S/C19H19BrN2O2/c1-12(2)24-19(23)16(11-21)10-15-9-13(3)22(14(15)4)18-7-5-17(20)6-8-18/h5-10,12H,1-4H3/b16-10+. The Bertz CT molecular complexity index is 824. The Morgan fingerprint density at radius 1 is 1.29 bits per heavy atom. The average Bonchev–Trinajstić information content (AvgIpc) is 2.79. The van der Waals surface area contributed by atoms with Gasteiger partial charge in [0.15, 0.2) is 0 Å². The molecule has 0 fully saturated rings. The van der Waals surface area contributed by atoms with Gasteiger partial charge in [-0.15, -0.1) is 0 Å². The molecule has 124 valence electrons. The van der Waals surface area contributed by atoms with E-state index in [1.54, 1.807) is 19.9 Å². The van der Waals surface area contributed by atoms with Crippen LogP contribution in [-0.4, -0.2) is 16.6 Å². The maximum Gasteiger partial charge on any atom is 0.349 e. The first-order chi connectivity index (χ1) is 11.3. The summed E-state index contributed by atoms with van der Waals surface area (Å²) in [5.74, 6) is -0.596. The minimum atomic E-state index is -0.596. The first-order valence-electron chi connectivity index (χ1n) is 7.61. The van der Waals surface area contributed by atoms with Gasteiger partial charge in [0.05, 0.1) is 6.10 Å². The number of benzene rings is 1. The smallest absolute Gasteiger partial charge is 0.349 e. The van der Waals surface area contributed by atoms with Crippen LogP contribution in [0.4, 0.5) is 0 Å². The SMILES string of the molecule is Cc1cc(/C=C(\C#N)C(=O)OC(C)C)c(C)n1-c1ccc(Br)cc1. The van der Waals surface area contributed by atoms with Crippen molar-refractivity contribution in [2.45, 2.75) is 33.8 Å². The number of aryl methyl sites for hydroxylation is 1. The minimum absolute atomic E-state index is 0.000226. The number of carbonyl (C=O) groups excluding carboxylic acids is 1. The van der Waals surface area contributed by atoms with E-state index in [0.29, 0.717) is 0 Å². The zero-order valence-corrected chi connectivity index (χ0v) is 15.7. The van der Waals surface area contributed by atoms with E-state index >= 15 is 0 Å². The molecule has 0 N–H and O–H groups in total. The number of ether oxygens (including phenoxy) is 1. The van der Waals surface area contributed by atoms with Gasteiger partial charge in [0.1, 0.15) is 11.6 Å². The Morgan fingerprint density at radius 2 is 1.92 bits per heavy atom. The number of carbonyl (C=O) groups is 1. The number of nitriles is 1. The number of halogens is 1. The van der Waals surface area contributed by atoms with Gasteiger partial charge in [0.2, 0.25) is 0 Å². The van der Waals surface area contributed by atoms with Gasteiger partial charge in [-0.25, -0.2) is 4.79 Å². The third kappa shape index (κ3) is 3.95. The largest absolute Gasteiger partial charge is 0.459 e. The number of rotatable bonds is 4. The quantitative estimate of drug-likeness (QED) is 0.434. The van der Waals surface area contributed by atoms with E-state index in [4.69, 9.17) is 4.74 Å². The van der Waals surface area contributed by atoms with E-state index < -0.39 is 5.97 Å². The van der Waals surface area contributed by atoms with Crippen molar-refractivity contribution in [3.63, 3.8) is 0 Å². The highest BCUT2D eigenvalue weighted by Gasteiger charge is 2.15. The van der Waals surface area contributed by atoms with Crippen LogP contribution in [0.5, 0.6) is 0 Å². The molecule has 0 unspecified atom stereocenters. The summed E-state index contributed by atoms with van der Waals surface area (Å²) in [6.45, 7) is 7.47. The maximum atomic E-state index is 12.0. The number of nitrogens with zero attached hydrogens (tertiary/aromatic N) is 2. The van der Waals surface area contributed by atoms with Crippen molar-refractivity contribution < 1.29 is 9.53 Å². The van der Waals surface area contributed by atoms with Crippen LogP contribution in [0.3, 0.4) is 0 Å². The lowest BCUT2D eigenvalue weighted by molar-refractivity contribution is -0.142. The van der Waals surface area contributed by atoms with Crippen LogP contribution >= 0.6 is 15.9 Å². The Balaban J connectivity index is 2.44. The fourth-order valence-electron chi connectivity index (χ4n) is 2.49. The lowest BCUT2D eigenvalue weighted by Gasteiger charge is -2.10. The molecule has 0 spiro atoms. The van der Waals surface area contributed by atoms with Crippen molar-refractivity contribution in [1.29, 1.82) is 5.26 Å².